The van der Waals surface area contributed by atoms with Gasteiger partial charge in [0.15, 0.2) is 5.82 Å². The molecule has 0 N–H and O–H groups in total. The van der Waals surface area contributed by atoms with Gasteiger partial charge in [-0.25, -0.2) is 0 Å². The molecule has 0 aliphatic carbocycles. The van der Waals surface area contributed by atoms with Crippen molar-refractivity contribution < 1.29 is 9.47 Å². The molecule has 1 saturated heterocycles. The van der Waals surface area contributed by atoms with Crippen LogP contribution < -0.4 is 14.6 Å². The first kappa shape index (κ1) is 21.7. The van der Waals surface area contributed by atoms with Crippen molar-refractivity contribution in [1.82, 2.24) is 15.0 Å². The molecule has 0 amide bonds. The number of hydrazone groups is 1. The molecule has 3 aromatic rings. The Bertz CT molecular complexity index is 1040. The lowest BCUT2D eigenvalue weighted by molar-refractivity contribution is 0.122. The minimum atomic E-state index is 0.331. The predicted octanol–water partition coefficient (Wildman–Crippen LogP) is 3.11. The fourth-order valence-electron chi connectivity index (χ4n) is 3.34. The van der Waals surface area contributed by atoms with Gasteiger partial charge in [0, 0.05) is 44.5 Å². The van der Waals surface area contributed by atoms with E-state index < -0.39 is 0 Å². The zero-order valence-corrected chi connectivity index (χ0v) is 18.5. The SMILES string of the molecule is Cc1cccc(C=NN(C)c2cc(N3CCOCC3)nc(OCCc3ccccn3)n2)c1. The second-order valence-electron chi connectivity index (χ2n) is 7.57. The molecule has 8 heteroatoms. The van der Waals surface area contributed by atoms with Gasteiger partial charge in [0.25, 0.3) is 0 Å². The van der Waals surface area contributed by atoms with Crippen LogP contribution in [0.25, 0.3) is 0 Å². The first-order valence-corrected chi connectivity index (χ1v) is 10.8. The van der Waals surface area contributed by atoms with Gasteiger partial charge in [-0.15, -0.1) is 0 Å². The fraction of sp³-hybridized carbons (Fsp3) is 0.333. The summed E-state index contributed by atoms with van der Waals surface area (Å²) in [5.74, 6) is 1.47. The van der Waals surface area contributed by atoms with Crippen molar-refractivity contribution in [1.29, 1.82) is 0 Å². The quantitative estimate of drug-likeness (QED) is 0.400. The van der Waals surface area contributed by atoms with Gasteiger partial charge in [-0.2, -0.15) is 15.1 Å². The Labute approximate surface area is 188 Å². The highest BCUT2D eigenvalue weighted by molar-refractivity contribution is 5.80. The van der Waals surface area contributed by atoms with Crippen molar-refractivity contribution in [3.63, 3.8) is 0 Å². The normalized spacial score (nSPS) is 14.0. The van der Waals surface area contributed by atoms with E-state index in [4.69, 9.17) is 9.47 Å². The third-order valence-electron chi connectivity index (χ3n) is 5.08. The standard InChI is InChI=1S/C24H28N6O2/c1-19-6-5-7-20(16-19)18-26-29(2)22-17-23(30-11-14-31-15-12-30)28-24(27-22)32-13-9-21-8-3-4-10-25-21/h3-8,10,16-18H,9,11-15H2,1-2H3. The minimum Gasteiger partial charge on any atom is -0.463 e. The molecule has 166 valence electrons. The summed E-state index contributed by atoms with van der Waals surface area (Å²) in [6.45, 7) is 5.42. The van der Waals surface area contributed by atoms with Crippen LogP contribution >= 0.6 is 0 Å². The van der Waals surface area contributed by atoms with E-state index in [1.807, 2.05) is 49.7 Å². The molecule has 8 nitrogen and oxygen atoms in total. The molecule has 0 radical (unpaired) electrons. The Balaban J connectivity index is 1.52. The van der Waals surface area contributed by atoms with E-state index in [0.717, 1.165) is 30.2 Å². The van der Waals surface area contributed by atoms with Crippen LogP contribution in [-0.2, 0) is 11.2 Å². The van der Waals surface area contributed by atoms with Crippen LogP contribution in [0.15, 0.2) is 59.8 Å². The van der Waals surface area contributed by atoms with Crippen LogP contribution in [-0.4, -0.2) is 61.1 Å². The molecule has 0 bridgehead atoms. The summed E-state index contributed by atoms with van der Waals surface area (Å²) in [5, 5.41) is 6.31. The first-order chi connectivity index (χ1) is 15.7. The third-order valence-corrected chi connectivity index (χ3v) is 5.08. The number of benzene rings is 1. The molecule has 2 aromatic heterocycles. The lowest BCUT2D eigenvalue weighted by Crippen LogP contribution is -2.37. The molecule has 1 aromatic carbocycles. The van der Waals surface area contributed by atoms with Crippen LogP contribution in [0.1, 0.15) is 16.8 Å². The number of nitrogens with zero attached hydrogens (tertiary/aromatic N) is 6. The van der Waals surface area contributed by atoms with Crippen LogP contribution in [0.3, 0.4) is 0 Å². The number of aromatic nitrogens is 3. The van der Waals surface area contributed by atoms with E-state index in [0.29, 0.717) is 38.1 Å². The Morgan fingerprint density at radius 1 is 1.12 bits per heavy atom. The summed E-state index contributed by atoms with van der Waals surface area (Å²) < 4.78 is 11.4. The highest BCUT2D eigenvalue weighted by Crippen LogP contribution is 2.23. The minimum absolute atomic E-state index is 0.331. The van der Waals surface area contributed by atoms with Crippen molar-refractivity contribution in [2.24, 2.45) is 5.10 Å². The van der Waals surface area contributed by atoms with E-state index in [2.05, 4.69) is 44.0 Å². The molecule has 1 aliphatic rings. The van der Waals surface area contributed by atoms with Crippen molar-refractivity contribution in [3.05, 3.63) is 71.5 Å². The van der Waals surface area contributed by atoms with E-state index >= 15 is 0 Å². The van der Waals surface area contributed by atoms with Gasteiger partial charge >= 0.3 is 6.01 Å². The highest BCUT2D eigenvalue weighted by atomic mass is 16.5. The van der Waals surface area contributed by atoms with Crippen LogP contribution in [0.2, 0.25) is 0 Å². The molecule has 4 rings (SSSR count). The molecule has 0 unspecified atom stereocenters. The number of anilines is 2. The predicted molar refractivity (Wildman–Crippen MR) is 126 cm³/mol. The van der Waals surface area contributed by atoms with Gasteiger partial charge in [-0.3, -0.25) is 9.99 Å². The topological polar surface area (TPSA) is 76.0 Å². The molecule has 1 aliphatic heterocycles. The average molecular weight is 433 g/mol. The number of hydrogen-bond acceptors (Lipinski definition) is 8. The summed E-state index contributed by atoms with van der Waals surface area (Å²) in [6.07, 6.45) is 4.29. The Kier molecular flexibility index (Phi) is 7.24. The maximum Gasteiger partial charge on any atom is 0.320 e. The average Bonchev–Trinajstić information content (AvgIpc) is 2.84. The molecular weight excluding hydrogens is 404 g/mol. The smallest absolute Gasteiger partial charge is 0.320 e. The second kappa shape index (κ2) is 10.7. The Morgan fingerprint density at radius 2 is 2.00 bits per heavy atom. The molecule has 0 saturated carbocycles. The summed E-state index contributed by atoms with van der Waals surface area (Å²) in [6, 6.07) is 16.3. The molecule has 0 atom stereocenters. The maximum atomic E-state index is 5.91. The molecular formula is C24H28N6O2. The van der Waals surface area contributed by atoms with Gasteiger partial charge in [0.2, 0.25) is 0 Å². The van der Waals surface area contributed by atoms with Crippen molar-refractivity contribution in [2.75, 3.05) is 49.9 Å². The lowest BCUT2D eigenvalue weighted by atomic mass is 10.2. The summed E-state index contributed by atoms with van der Waals surface area (Å²) in [7, 11) is 1.87. The lowest BCUT2D eigenvalue weighted by Gasteiger charge is -2.28. The zero-order valence-electron chi connectivity index (χ0n) is 18.5. The van der Waals surface area contributed by atoms with Gasteiger partial charge in [-0.1, -0.05) is 35.9 Å². The fourth-order valence-corrected chi connectivity index (χ4v) is 3.34. The molecule has 0 spiro atoms. The van der Waals surface area contributed by atoms with Crippen molar-refractivity contribution in [2.45, 2.75) is 13.3 Å². The van der Waals surface area contributed by atoms with Gasteiger partial charge in [0.05, 0.1) is 26.0 Å². The summed E-state index contributed by atoms with van der Waals surface area (Å²) in [4.78, 5) is 15.7. The number of rotatable bonds is 8. The zero-order chi connectivity index (χ0) is 22.2. The first-order valence-electron chi connectivity index (χ1n) is 10.8. The molecule has 32 heavy (non-hydrogen) atoms. The number of pyridine rings is 1. The van der Waals surface area contributed by atoms with Crippen LogP contribution in [0.4, 0.5) is 11.6 Å². The van der Waals surface area contributed by atoms with Crippen molar-refractivity contribution >= 4 is 17.9 Å². The Hall–Kier alpha value is -3.52. The van der Waals surface area contributed by atoms with E-state index in [1.54, 1.807) is 11.2 Å². The van der Waals surface area contributed by atoms with Crippen LogP contribution in [0, 0.1) is 6.92 Å². The van der Waals surface area contributed by atoms with Crippen molar-refractivity contribution in [3.8, 4) is 6.01 Å². The maximum absolute atomic E-state index is 5.91. The van der Waals surface area contributed by atoms with Crippen LogP contribution in [0.5, 0.6) is 6.01 Å². The van der Waals surface area contributed by atoms with Gasteiger partial charge < -0.3 is 14.4 Å². The summed E-state index contributed by atoms with van der Waals surface area (Å²) in [5.41, 5.74) is 3.19. The molecule has 3 heterocycles. The van der Waals surface area contributed by atoms with Gasteiger partial charge in [-0.05, 0) is 24.6 Å². The van der Waals surface area contributed by atoms with E-state index in [-0.39, 0.29) is 0 Å². The molecule has 1 fully saturated rings. The largest absolute Gasteiger partial charge is 0.463 e. The van der Waals surface area contributed by atoms with Gasteiger partial charge in [0.1, 0.15) is 5.82 Å². The second-order valence-corrected chi connectivity index (χ2v) is 7.57. The number of ether oxygens (including phenoxy) is 2. The Morgan fingerprint density at radius 3 is 2.78 bits per heavy atom. The monoisotopic (exact) mass is 432 g/mol. The van der Waals surface area contributed by atoms with E-state index in [1.165, 1.54) is 5.56 Å². The summed E-state index contributed by atoms with van der Waals surface area (Å²) >= 11 is 0. The number of morpholine rings is 1. The third kappa shape index (κ3) is 6.01. The number of hydrogen-bond donors (Lipinski definition) is 0. The highest BCUT2D eigenvalue weighted by Gasteiger charge is 2.17. The van der Waals surface area contributed by atoms with E-state index in [9.17, 15) is 0 Å². The number of aryl methyl sites for hydroxylation is 1.